The molecule has 2 heterocycles. The maximum Gasteiger partial charge on any atom is 0.333 e. The first-order valence-electron chi connectivity index (χ1n) is 7.42. The Morgan fingerprint density at radius 3 is 2.67 bits per heavy atom. The van der Waals surface area contributed by atoms with Gasteiger partial charge < -0.3 is 0 Å². The molecule has 0 saturated carbocycles. The van der Waals surface area contributed by atoms with Gasteiger partial charge in [0.05, 0.1) is 17.9 Å². The van der Waals surface area contributed by atoms with Gasteiger partial charge in [0.15, 0.2) is 0 Å². The Morgan fingerprint density at radius 1 is 1.33 bits per heavy atom. The molecule has 1 saturated heterocycles. The number of hydrogen-bond donors (Lipinski definition) is 0. The Bertz CT molecular complexity index is 854. The summed E-state index contributed by atoms with van der Waals surface area (Å²) in [7, 11) is -3.94. The molecule has 5 nitrogen and oxygen atoms in total. The molecule has 9 heteroatoms. The molecule has 1 aromatic heterocycles. The lowest BCUT2D eigenvalue weighted by Crippen LogP contribution is -2.31. The van der Waals surface area contributed by atoms with E-state index in [0.29, 0.717) is 29.1 Å². The molecule has 1 aliphatic rings. The zero-order valence-electron chi connectivity index (χ0n) is 12.9. The molecular weight excluding hydrogens is 360 g/mol. The maximum atomic E-state index is 13.0. The Kier molecular flexibility index (Phi) is 4.63. The van der Waals surface area contributed by atoms with Crippen LogP contribution >= 0.6 is 11.6 Å². The highest BCUT2D eigenvalue weighted by Crippen LogP contribution is 2.39. The smallest absolute Gasteiger partial charge is 0.207 e. The minimum atomic E-state index is -3.94. The lowest BCUT2D eigenvalue weighted by atomic mass is 10.1. The zero-order valence-corrected chi connectivity index (χ0v) is 14.4. The predicted molar refractivity (Wildman–Crippen MR) is 85.5 cm³/mol. The molecule has 24 heavy (non-hydrogen) atoms. The second-order valence-corrected chi connectivity index (χ2v) is 7.88. The molecule has 3 rings (SSSR count). The minimum absolute atomic E-state index is 0.0743. The van der Waals surface area contributed by atoms with E-state index < -0.39 is 22.6 Å². The standard InChI is InChI=1S/C15H16ClF2N3O2S/c1-10-14(9-19-21(10)15(17)18)24(22,23)20-8-4-7-13(20)11-5-2-3-6-12(11)16/h2-3,5-6,9,13,15H,4,7-8H2,1H3/t13-/m0/s1. The van der Waals surface area contributed by atoms with Gasteiger partial charge in [0, 0.05) is 11.6 Å². The van der Waals surface area contributed by atoms with Gasteiger partial charge in [-0.3, -0.25) is 0 Å². The molecule has 1 atom stereocenters. The number of hydrogen-bond acceptors (Lipinski definition) is 3. The van der Waals surface area contributed by atoms with Crippen molar-refractivity contribution in [2.24, 2.45) is 0 Å². The largest absolute Gasteiger partial charge is 0.333 e. The third kappa shape index (κ3) is 2.82. The number of sulfonamides is 1. The first-order valence-corrected chi connectivity index (χ1v) is 9.24. The normalized spacial score (nSPS) is 19.3. The highest BCUT2D eigenvalue weighted by atomic mass is 35.5. The van der Waals surface area contributed by atoms with Crippen molar-refractivity contribution in [1.82, 2.24) is 14.1 Å². The molecule has 0 spiro atoms. The van der Waals surface area contributed by atoms with Gasteiger partial charge >= 0.3 is 6.55 Å². The van der Waals surface area contributed by atoms with Gasteiger partial charge in [-0.15, -0.1) is 0 Å². The molecular formula is C15H16ClF2N3O2S. The average molecular weight is 376 g/mol. The van der Waals surface area contributed by atoms with Crippen LogP contribution in [0.4, 0.5) is 8.78 Å². The van der Waals surface area contributed by atoms with E-state index >= 15 is 0 Å². The third-order valence-electron chi connectivity index (χ3n) is 4.24. The molecule has 0 bridgehead atoms. The van der Waals surface area contributed by atoms with Crippen molar-refractivity contribution in [2.45, 2.75) is 37.3 Å². The molecule has 2 aromatic rings. The first-order chi connectivity index (χ1) is 11.3. The number of alkyl halides is 2. The van der Waals surface area contributed by atoms with Crippen LogP contribution in [0.1, 0.15) is 36.7 Å². The van der Waals surface area contributed by atoms with Gasteiger partial charge in [-0.05, 0) is 31.4 Å². The summed E-state index contributed by atoms with van der Waals surface area (Å²) in [6, 6.07) is 6.66. The van der Waals surface area contributed by atoms with Crippen molar-refractivity contribution in [3.63, 3.8) is 0 Å². The number of rotatable bonds is 4. The Hall–Kier alpha value is -1.51. The van der Waals surface area contributed by atoms with E-state index in [1.807, 2.05) is 0 Å². The Labute approximate surface area is 143 Å². The van der Waals surface area contributed by atoms with Crippen LogP contribution in [0.5, 0.6) is 0 Å². The number of halogens is 3. The molecule has 0 amide bonds. The van der Waals surface area contributed by atoms with Crippen LogP contribution in [0.15, 0.2) is 35.4 Å². The summed E-state index contributed by atoms with van der Waals surface area (Å²) in [4.78, 5) is -0.193. The number of benzene rings is 1. The van der Waals surface area contributed by atoms with Gasteiger partial charge in [-0.25, -0.2) is 13.1 Å². The van der Waals surface area contributed by atoms with Crippen molar-refractivity contribution in [3.05, 3.63) is 46.7 Å². The van der Waals surface area contributed by atoms with Crippen LogP contribution < -0.4 is 0 Å². The molecule has 130 valence electrons. The van der Waals surface area contributed by atoms with E-state index in [-0.39, 0.29) is 10.6 Å². The Morgan fingerprint density at radius 2 is 2.04 bits per heavy atom. The SMILES string of the molecule is Cc1c(S(=O)(=O)N2CCC[C@H]2c2ccccc2Cl)cnn1C(F)F. The zero-order chi connectivity index (χ0) is 17.5. The first kappa shape index (κ1) is 17.3. The molecule has 0 aliphatic carbocycles. The van der Waals surface area contributed by atoms with E-state index in [0.717, 1.165) is 11.8 Å². The van der Waals surface area contributed by atoms with E-state index in [1.54, 1.807) is 24.3 Å². The summed E-state index contributed by atoms with van der Waals surface area (Å²) in [6.45, 7) is -1.24. The second kappa shape index (κ2) is 6.42. The fraction of sp³-hybridized carbons (Fsp3) is 0.400. The van der Waals surface area contributed by atoms with E-state index in [4.69, 9.17) is 11.6 Å². The number of aromatic nitrogens is 2. The molecule has 0 radical (unpaired) electrons. The van der Waals surface area contributed by atoms with Crippen LogP contribution in [-0.4, -0.2) is 29.0 Å². The molecule has 1 fully saturated rings. The van der Waals surface area contributed by atoms with Gasteiger partial charge in [0.25, 0.3) is 0 Å². The van der Waals surface area contributed by atoms with E-state index in [2.05, 4.69) is 5.10 Å². The van der Waals surface area contributed by atoms with Gasteiger partial charge in [-0.1, -0.05) is 29.8 Å². The molecule has 1 aliphatic heterocycles. The quantitative estimate of drug-likeness (QED) is 0.817. The Balaban J connectivity index is 2.02. The van der Waals surface area contributed by atoms with Gasteiger partial charge in [-0.2, -0.15) is 18.2 Å². The van der Waals surface area contributed by atoms with Crippen LogP contribution in [0.2, 0.25) is 5.02 Å². The van der Waals surface area contributed by atoms with Crippen molar-refractivity contribution in [1.29, 1.82) is 0 Å². The monoisotopic (exact) mass is 375 g/mol. The summed E-state index contributed by atoms with van der Waals surface area (Å²) in [5.74, 6) is 0. The van der Waals surface area contributed by atoms with Crippen LogP contribution in [-0.2, 0) is 10.0 Å². The second-order valence-electron chi connectivity index (χ2n) is 5.61. The number of nitrogens with zero attached hydrogens (tertiary/aromatic N) is 3. The summed E-state index contributed by atoms with van der Waals surface area (Å²) < 4.78 is 53.4. The fourth-order valence-corrected chi connectivity index (χ4v) is 5.15. The summed E-state index contributed by atoms with van der Waals surface area (Å²) in [5, 5.41) is 3.99. The summed E-state index contributed by atoms with van der Waals surface area (Å²) in [6.07, 6.45) is 2.29. The van der Waals surface area contributed by atoms with Crippen LogP contribution in [0.25, 0.3) is 0 Å². The van der Waals surface area contributed by atoms with Gasteiger partial charge in [0.1, 0.15) is 4.90 Å². The van der Waals surface area contributed by atoms with Crippen molar-refractivity contribution in [2.75, 3.05) is 6.54 Å². The van der Waals surface area contributed by atoms with Crippen LogP contribution in [0.3, 0.4) is 0 Å². The molecule has 0 N–H and O–H groups in total. The van der Waals surface area contributed by atoms with E-state index in [9.17, 15) is 17.2 Å². The highest BCUT2D eigenvalue weighted by Gasteiger charge is 2.39. The lowest BCUT2D eigenvalue weighted by molar-refractivity contribution is 0.0541. The highest BCUT2D eigenvalue weighted by molar-refractivity contribution is 7.89. The maximum absolute atomic E-state index is 13.0. The van der Waals surface area contributed by atoms with Crippen molar-refractivity contribution >= 4 is 21.6 Å². The fourth-order valence-electron chi connectivity index (χ4n) is 3.07. The summed E-state index contributed by atoms with van der Waals surface area (Å²) in [5.41, 5.74) is 0.647. The topological polar surface area (TPSA) is 55.2 Å². The lowest BCUT2D eigenvalue weighted by Gasteiger charge is -2.25. The average Bonchev–Trinajstić information content (AvgIpc) is 3.14. The molecule has 1 aromatic carbocycles. The predicted octanol–water partition coefficient (Wildman–Crippen LogP) is 3.77. The van der Waals surface area contributed by atoms with Gasteiger partial charge in [0.2, 0.25) is 10.0 Å². The van der Waals surface area contributed by atoms with Crippen LogP contribution in [0, 0.1) is 6.92 Å². The van der Waals surface area contributed by atoms with Crippen molar-refractivity contribution < 1.29 is 17.2 Å². The van der Waals surface area contributed by atoms with Crippen molar-refractivity contribution in [3.8, 4) is 0 Å². The van der Waals surface area contributed by atoms with E-state index in [1.165, 1.54) is 11.2 Å². The minimum Gasteiger partial charge on any atom is -0.207 e. The third-order valence-corrected chi connectivity index (χ3v) is 6.59. The molecule has 0 unspecified atom stereocenters. The summed E-state index contributed by atoms with van der Waals surface area (Å²) >= 11 is 6.21.